The molecule has 0 atom stereocenters. The number of hydrogen-bond donors (Lipinski definition) is 2. The first kappa shape index (κ1) is 12.9. The Hall–Kier alpha value is -1.21. The van der Waals surface area contributed by atoms with Crippen molar-refractivity contribution >= 4 is 39.5 Å². The molecule has 86 valence electrons. The lowest BCUT2D eigenvalue weighted by atomic mass is 10.2. The van der Waals surface area contributed by atoms with Gasteiger partial charge in [0.1, 0.15) is 11.6 Å². The van der Waals surface area contributed by atoms with Gasteiger partial charge in [0, 0.05) is 11.6 Å². The van der Waals surface area contributed by atoms with Crippen LogP contribution >= 0.6 is 28.1 Å². The molecule has 0 spiro atoms. The molecule has 1 aromatic carbocycles. The molecular formula is C9H9BrFN3OS. The van der Waals surface area contributed by atoms with Crippen molar-refractivity contribution in [1.29, 1.82) is 0 Å². The number of hydrogen-bond acceptors (Lipinski definition) is 3. The molecule has 1 aromatic rings. The monoisotopic (exact) mass is 305 g/mol. The molecule has 0 saturated heterocycles. The van der Waals surface area contributed by atoms with Crippen LogP contribution < -0.4 is 15.9 Å². The number of rotatable bonds is 3. The Morgan fingerprint density at radius 2 is 2.38 bits per heavy atom. The summed E-state index contributed by atoms with van der Waals surface area (Å²) in [4.78, 5) is 0. The Morgan fingerprint density at radius 3 is 2.94 bits per heavy atom. The van der Waals surface area contributed by atoms with Crippen LogP contribution in [-0.2, 0) is 0 Å². The number of benzene rings is 1. The first-order valence-corrected chi connectivity index (χ1v) is 5.36. The number of halogens is 2. The van der Waals surface area contributed by atoms with E-state index in [1.807, 2.05) is 0 Å². The highest BCUT2D eigenvalue weighted by Crippen LogP contribution is 2.27. The van der Waals surface area contributed by atoms with Gasteiger partial charge in [0.05, 0.1) is 17.8 Å². The maximum Gasteiger partial charge on any atom is 0.184 e. The number of nitrogens with one attached hydrogen (secondary N) is 1. The van der Waals surface area contributed by atoms with Crippen molar-refractivity contribution in [2.75, 3.05) is 7.11 Å². The summed E-state index contributed by atoms with van der Waals surface area (Å²) in [7, 11) is 1.46. The van der Waals surface area contributed by atoms with Gasteiger partial charge in [-0.2, -0.15) is 5.10 Å². The maximum absolute atomic E-state index is 13.5. The summed E-state index contributed by atoms with van der Waals surface area (Å²) in [6.07, 6.45) is 1.28. The predicted octanol–water partition coefficient (Wildman–Crippen LogP) is 1.76. The predicted molar refractivity (Wildman–Crippen MR) is 68.2 cm³/mol. The van der Waals surface area contributed by atoms with Crippen LogP contribution in [0.2, 0.25) is 0 Å². The van der Waals surface area contributed by atoms with E-state index in [-0.39, 0.29) is 10.7 Å². The lowest BCUT2D eigenvalue weighted by Gasteiger charge is -2.04. The standard InChI is InChI=1S/C9H9BrFN3OS/c1-15-8-3-7(11)5(2-6(8)10)4-13-14-9(12)16/h2-4H,1H3,(H3,12,14,16). The third-order valence-electron chi connectivity index (χ3n) is 1.65. The van der Waals surface area contributed by atoms with E-state index in [2.05, 4.69) is 38.7 Å². The zero-order chi connectivity index (χ0) is 12.1. The summed E-state index contributed by atoms with van der Waals surface area (Å²) < 4.78 is 19.0. The Balaban J connectivity index is 2.93. The third-order valence-corrected chi connectivity index (χ3v) is 2.36. The minimum Gasteiger partial charge on any atom is -0.495 e. The highest BCUT2D eigenvalue weighted by Gasteiger charge is 2.06. The fraction of sp³-hybridized carbons (Fsp3) is 0.111. The number of methoxy groups -OCH3 is 1. The number of nitrogens with two attached hydrogens (primary N) is 1. The second kappa shape index (κ2) is 5.76. The fourth-order valence-electron chi connectivity index (χ4n) is 0.965. The van der Waals surface area contributed by atoms with Gasteiger partial charge in [-0.15, -0.1) is 0 Å². The van der Waals surface area contributed by atoms with Crippen LogP contribution in [-0.4, -0.2) is 18.4 Å². The summed E-state index contributed by atoms with van der Waals surface area (Å²) >= 11 is 7.78. The van der Waals surface area contributed by atoms with Crippen LogP contribution in [0.15, 0.2) is 21.7 Å². The van der Waals surface area contributed by atoms with Crippen molar-refractivity contribution in [3.05, 3.63) is 28.0 Å². The average molecular weight is 306 g/mol. The minimum absolute atomic E-state index is 0.0178. The number of ether oxygens (including phenoxy) is 1. The van der Waals surface area contributed by atoms with Crippen LogP contribution in [0.25, 0.3) is 0 Å². The molecule has 0 heterocycles. The number of thiocarbonyl (C=S) groups is 1. The van der Waals surface area contributed by atoms with Gasteiger partial charge in [0.15, 0.2) is 5.11 Å². The Kier molecular flexibility index (Phi) is 4.63. The summed E-state index contributed by atoms with van der Waals surface area (Å²) in [5.41, 5.74) is 7.78. The second-order valence-electron chi connectivity index (χ2n) is 2.74. The first-order valence-electron chi connectivity index (χ1n) is 4.16. The smallest absolute Gasteiger partial charge is 0.184 e. The molecule has 0 saturated carbocycles. The van der Waals surface area contributed by atoms with Crippen LogP contribution in [0.3, 0.4) is 0 Å². The SMILES string of the molecule is COc1cc(F)c(C=NNC(N)=S)cc1Br. The molecule has 0 aliphatic heterocycles. The molecule has 16 heavy (non-hydrogen) atoms. The van der Waals surface area contributed by atoms with Gasteiger partial charge in [-0.1, -0.05) is 0 Å². The summed E-state index contributed by atoms with van der Waals surface area (Å²) in [5.74, 6) is -0.0366. The lowest BCUT2D eigenvalue weighted by Crippen LogP contribution is -2.24. The molecular weight excluding hydrogens is 297 g/mol. The van der Waals surface area contributed by atoms with Gasteiger partial charge in [-0.3, -0.25) is 5.43 Å². The van der Waals surface area contributed by atoms with Gasteiger partial charge in [0.25, 0.3) is 0 Å². The third kappa shape index (κ3) is 3.42. The van der Waals surface area contributed by atoms with Crippen molar-refractivity contribution in [2.24, 2.45) is 10.8 Å². The van der Waals surface area contributed by atoms with Crippen molar-refractivity contribution in [1.82, 2.24) is 5.43 Å². The van der Waals surface area contributed by atoms with Crippen molar-refractivity contribution in [3.8, 4) is 5.75 Å². The highest BCUT2D eigenvalue weighted by molar-refractivity contribution is 9.10. The Labute approximate surface area is 106 Å². The largest absolute Gasteiger partial charge is 0.495 e. The van der Waals surface area contributed by atoms with E-state index in [4.69, 9.17) is 10.5 Å². The van der Waals surface area contributed by atoms with E-state index >= 15 is 0 Å². The Bertz CT molecular complexity index is 439. The summed E-state index contributed by atoms with van der Waals surface area (Å²) in [5, 5.41) is 3.67. The molecule has 0 unspecified atom stereocenters. The molecule has 1 rings (SSSR count). The maximum atomic E-state index is 13.5. The van der Waals surface area contributed by atoms with Crippen LogP contribution in [0.1, 0.15) is 5.56 Å². The second-order valence-corrected chi connectivity index (χ2v) is 4.04. The first-order chi connectivity index (χ1) is 7.54. The zero-order valence-electron chi connectivity index (χ0n) is 8.33. The topological polar surface area (TPSA) is 59.6 Å². The average Bonchev–Trinajstić information content (AvgIpc) is 2.22. The molecule has 0 bridgehead atoms. The van der Waals surface area contributed by atoms with Crippen LogP contribution in [0, 0.1) is 5.82 Å². The van der Waals surface area contributed by atoms with Crippen LogP contribution in [0.4, 0.5) is 4.39 Å². The van der Waals surface area contributed by atoms with Crippen molar-refractivity contribution in [3.63, 3.8) is 0 Å². The molecule has 0 fully saturated rings. The fourth-order valence-corrected chi connectivity index (χ4v) is 1.54. The van der Waals surface area contributed by atoms with E-state index in [9.17, 15) is 4.39 Å². The molecule has 0 amide bonds. The van der Waals surface area contributed by atoms with Crippen LogP contribution in [0.5, 0.6) is 5.75 Å². The van der Waals surface area contributed by atoms with Gasteiger partial charge in [-0.05, 0) is 34.2 Å². The molecule has 7 heteroatoms. The van der Waals surface area contributed by atoms with Gasteiger partial charge < -0.3 is 10.5 Å². The van der Waals surface area contributed by atoms with Gasteiger partial charge in [0.2, 0.25) is 0 Å². The molecule has 0 aromatic heterocycles. The summed E-state index contributed by atoms with van der Waals surface area (Å²) in [6.45, 7) is 0. The molecule has 4 nitrogen and oxygen atoms in total. The minimum atomic E-state index is -0.450. The Morgan fingerprint density at radius 1 is 1.69 bits per heavy atom. The molecule has 0 radical (unpaired) electrons. The van der Waals surface area contributed by atoms with E-state index in [0.29, 0.717) is 10.2 Å². The molecule has 0 aliphatic rings. The summed E-state index contributed by atoms with van der Waals surface area (Å²) in [6, 6.07) is 2.80. The molecule has 3 N–H and O–H groups in total. The van der Waals surface area contributed by atoms with Crippen molar-refractivity contribution in [2.45, 2.75) is 0 Å². The van der Waals surface area contributed by atoms with Gasteiger partial charge in [-0.25, -0.2) is 4.39 Å². The normalized spacial score (nSPS) is 10.4. The number of nitrogens with zero attached hydrogens (tertiary/aromatic N) is 1. The van der Waals surface area contributed by atoms with Crippen molar-refractivity contribution < 1.29 is 9.13 Å². The zero-order valence-corrected chi connectivity index (χ0v) is 10.7. The number of hydrazone groups is 1. The van der Waals surface area contributed by atoms with E-state index in [1.165, 1.54) is 19.4 Å². The highest BCUT2D eigenvalue weighted by atomic mass is 79.9. The van der Waals surface area contributed by atoms with E-state index in [0.717, 1.165) is 0 Å². The lowest BCUT2D eigenvalue weighted by molar-refractivity contribution is 0.408. The quantitative estimate of drug-likeness (QED) is 0.507. The molecule has 0 aliphatic carbocycles. The van der Waals surface area contributed by atoms with Gasteiger partial charge >= 0.3 is 0 Å². The van der Waals surface area contributed by atoms with E-state index < -0.39 is 5.82 Å². The van der Waals surface area contributed by atoms with E-state index in [1.54, 1.807) is 6.07 Å².